The lowest BCUT2D eigenvalue weighted by atomic mass is 10.1. The van der Waals surface area contributed by atoms with Crippen LogP contribution in [0.1, 0.15) is 18.4 Å². The van der Waals surface area contributed by atoms with E-state index in [9.17, 15) is 0 Å². The van der Waals surface area contributed by atoms with Crippen molar-refractivity contribution in [2.75, 3.05) is 13.6 Å². The average molecular weight is 277 g/mol. The molecule has 0 amide bonds. The molecule has 0 aliphatic carbocycles. The van der Waals surface area contributed by atoms with Crippen molar-refractivity contribution in [3.8, 4) is 0 Å². The van der Waals surface area contributed by atoms with Crippen molar-refractivity contribution < 1.29 is 0 Å². The molecule has 0 spiro atoms. The predicted octanol–water partition coefficient (Wildman–Crippen LogP) is 3.64. The molecule has 0 saturated carbocycles. The van der Waals surface area contributed by atoms with Crippen LogP contribution in [0.5, 0.6) is 0 Å². The van der Waals surface area contributed by atoms with Gasteiger partial charge in [-0.3, -0.25) is 0 Å². The van der Waals surface area contributed by atoms with Crippen LogP contribution in [0.15, 0.2) is 22.7 Å². The Bertz CT molecular complexity index is 289. The zero-order valence-electron chi connectivity index (χ0n) is 8.32. The molecule has 0 aliphatic rings. The van der Waals surface area contributed by atoms with E-state index in [0.29, 0.717) is 0 Å². The normalized spacial score (nSPS) is 10.5. The smallest absolute Gasteiger partial charge is 0.0550 e. The molecule has 1 N–H and O–H groups in total. The van der Waals surface area contributed by atoms with Crippen LogP contribution in [0.4, 0.5) is 0 Å². The van der Waals surface area contributed by atoms with Crippen LogP contribution in [0.3, 0.4) is 0 Å². The van der Waals surface area contributed by atoms with Gasteiger partial charge in [-0.2, -0.15) is 0 Å². The quantitative estimate of drug-likeness (QED) is 0.810. The van der Waals surface area contributed by atoms with Gasteiger partial charge < -0.3 is 5.32 Å². The molecule has 1 rings (SSSR count). The predicted molar refractivity (Wildman–Crippen MR) is 66.0 cm³/mol. The van der Waals surface area contributed by atoms with E-state index in [2.05, 4.69) is 27.3 Å². The number of halogens is 2. The van der Waals surface area contributed by atoms with Crippen molar-refractivity contribution in [2.24, 2.45) is 0 Å². The van der Waals surface area contributed by atoms with Crippen LogP contribution in [-0.4, -0.2) is 13.6 Å². The average Bonchev–Trinajstić information content (AvgIpc) is 2.18. The summed E-state index contributed by atoms with van der Waals surface area (Å²) < 4.78 is 0.971. The van der Waals surface area contributed by atoms with E-state index in [0.717, 1.165) is 22.5 Å². The molecule has 0 radical (unpaired) electrons. The number of aryl methyl sites for hydroxylation is 1. The van der Waals surface area contributed by atoms with Crippen LogP contribution in [0.25, 0.3) is 0 Å². The molecule has 0 atom stereocenters. The first kappa shape index (κ1) is 12.0. The molecule has 3 heteroatoms. The van der Waals surface area contributed by atoms with E-state index in [1.807, 2.05) is 19.2 Å². The zero-order chi connectivity index (χ0) is 10.4. The standard InChI is InChI=1S/C11H15BrClN/c1-14-7-3-2-4-9-5-6-10(12)11(13)8-9/h5-6,8,14H,2-4,7H2,1H3. The number of hydrogen-bond acceptors (Lipinski definition) is 1. The molecule has 0 aromatic heterocycles. The molecule has 14 heavy (non-hydrogen) atoms. The molecular formula is C11H15BrClN. The summed E-state index contributed by atoms with van der Waals surface area (Å²) in [5.41, 5.74) is 1.31. The maximum atomic E-state index is 5.99. The topological polar surface area (TPSA) is 12.0 Å². The second kappa shape index (κ2) is 6.44. The molecule has 1 aromatic carbocycles. The Morgan fingerprint density at radius 3 is 2.79 bits per heavy atom. The van der Waals surface area contributed by atoms with E-state index in [1.54, 1.807) is 0 Å². The van der Waals surface area contributed by atoms with Gasteiger partial charge in [0.15, 0.2) is 0 Å². The van der Waals surface area contributed by atoms with Crippen molar-refractivity contribution >= 4 is 27.5 Å². The van der Waals surface area contributed by atoms with Gasteiger partial charge in [0.1, 0.15) is 0 Å². The van der Waals surface area contributed by atoms with Crippen LogP contribution >= 0.6 is 27.5 Å². The molecule has 0 unspecified atom stereocenters. The summed E-state index contributed by atoms with van der Waals surface area (Å²) in [5.74, 6) is 0. The third kappa shape index (κ3) is 3.99. The van der Waals surface area contributed by atoms with Gasteiger partial charge in [-0.25, -0.2) is 0 Å². The summed E-state index contributed by atoms with van der Waals surface area (Å²) in [6.07, 6.45) is 3.53. The Balaban J connectivity index is 2.39. The minimum Gasteiger partial charge on any atom is -0.320 e. The van der Waals surface area contributed by atoms with Crippen LogP contribution < -0.4 is 5.32 Å². The van der Waals surface area contributed by atoms with E-state index >= 15 is 0 Å². The molecule has 0 heterocycles. The second-order valence-corrected chi connectivity index (χ2v) is 4.57. The first-order chi connectivity index (χ1) is 6.74. The largest absolute Gasteiger partial charge is 0.320 e. The van der Waals surface area contributed by atoms with Crippen molar-refractivity contribution in [1.29, 1.82) is 0 Å². The van der Waals surface area contributed by atoms with Crippen molar-refractivity contribution in [2.45, 2.75) is 19.3 Å². The van der Waals surface area contributed by atoms with Crippen molar-refractivity contribution in [1.82, 2.24) is 5.32 Å². The van der Waals surface area contributed by atoms with Crippen LogP contribution in [-0.2, 0) is 6.42 Å². The van der Waals surface area contributed by atoms with E-state index < -0.39 is 0 Å². The highest BCUT2D eigenvalue weighted by Crippen LogP contribution is 2.23. The van der Waals surface area contributed by atoms with Gasteiger partial charge in [0.05, 0.1) is 5.02 Å². The van der Waals surface area contributed by atoms with Gasteiger partial charge in [0.25, 0.3) is 0 Å². The fourth-order valence-electron chi connectivity index (χ4n) is 1.33. The first-order valence-electron chi connectivity index (χ1n) is 4.82. The summed E-state index contributed by atoms with van der Waals surface area (Å²) in [6.45, 7) is 1.09. The van der Waals surface area contributed by atoms with Gasteiger partial charge in [0, 0.05) is 4.47 Å². The molecular weight excluding hydrogens is 261 g/mol. The Labute approximate surface area is 99.0 Å². The lowest BCUT2D eigenvalue weighted by molar-refractivity contribution is 0.677. The second-order valence-electron chi connectivity index (χ2n) is 3.31. The van der Waals surface area contributed by atoms with E-state index in [4.69, 9.17) is 11.6 Å². The summed E-state index contributed by atoms with van der Waals surface area (Å²) in [4.78, 5) is 0. The number of rotatable bonds is 5. The summed E-state index contributed by atoms with van der Waals surface area (Å²) >= 11 is 9.38. The van der Waals surface area contributed by atoms with Crippen LogP contribution in [0.2, 0.25) is 5.02 Å². The van der Waals surface area contributed by atoms with Gasteiger partial charge in [-0.15, -0.1) is 0 Å². The Kier molecular flexibility index (Phi) is 5.53. The molecule has 78 valence electrons. The molecule has 1 aromatic rings. The SMILES string of the molecule is CNCCCCc1ccc(Br)c(Cl)c1. The van der Waals surface area contributed by atoms with Gasteiger partial charge >= 0.3 is 0 Å². The summed E-state index contributed by atoms with van der Waals surface area (Å²) in [5, 5.41) is 3.94. The molecule has 1 nitrogen and oxygen atoms in total. The number of benzene rings is 1. The van der Waals surface area contributed by atoms with Gasteiger partial charge in [0.2, 0.25) is 0 Å². The third-order valence-corrected chi connectivity index (χ3v) is 3.36. The minimum absolute atomic E-state index is 0.802. The first-order valence-corrected chi connectivity index (χ1v) is 5.99. The Morgan fingerprint density at radius 2 is 2.14 bits per heavy atom. The fourth-order valence-corrected chi connectivity index (χ4v) is 1.78. The molecule has 0 saturated heterocycles. The van der Waals surface area contributed by atoms with Crippen molar-refractivity contribution in [3.63, 3.8) is 0 Å². The van der Waals surface area contributed by atoms with Crippen molar-refractivity contribution in [3.05, 3.63) is 33.3 Å². The van der Waals surface area contributed by atoms with E-state index in [-0.39, 0.29) is 0 Å². The maximum absolute atomic E-state index is 5.99. The lowest BCUT2D eigenvalue weighted by Crippen LogP contribution is -2.07. The highest BCUT2D eigenvalue weighted by atomic mass is 79.9. The summed E-state index contributed by atoms with van der Waals surface area (Å²) in [6, 6.07) is 6.16. The highest BCUT2D eigenvalue weighted by molar-refractivity contribution is 9.10. The third-order valence-electron chi connectivity index (χ3n) is 2.13. The maximum Gasteiger partial charge on any atom is 0.0550 e. The minimum atomic E-state index is 0.802. The Hall–Kier alpha value is -0.0500. The molecule has 0 fully saturated rings. The van der Waals surface area contributed by atoms with Crippen LogP contribution in [0, 0.1) is 0 Å². The fraction of sp³-hybridized carbons (Fsp3) is 0.455. The zero-order valence-corrected chi connectivity index (χ0v) is 10.7. The van der Waals surface area contributed by atoms with Gasteiger partial charge in [-0.05, 0) is 66.5 Å². The van der Waals surface area contributed by atoms with Gasteiger partial charge in [-0.1, -0.05) is 17.7 Å². The number of nitrogens with one attached hydrogen (secondary N) is 1. The molecule has 0 aliphatic heterocycles. The number of unbranched alkanes of at least 4 members (excludes halogenated alkanes) is 1. The lowest BCUT2D eigenvalue weighted by Gasteiger charge is -2.03. The highest BCUT2D eigenvalue weighted by Gasteiger charge is 1.98. The Morgan fingerprint density at radius 1 is 1.36 bits per heavy atom. The molecule has 0 bridgehead atoms. The van der Waals surface area contributed by atoms with E-state index in [1.165, 1.54) is 18.4 Å². The number of hydrogen-bond donors (Lipinski definition) is 1. The summed E-state index contributed by atoms with van der Waals surface area (Å²) in [7, 11) is 1.98. The monoisotopic (exact) mass is 275 g/mol.